The summed E-state index contributed by atoms with van der Waals surface area (Å²) in [7, 11) is 0. The molecular weight excluding hydrogens is 283 g/mol. The lowest BCUT2D eigenvalue weighted by Gasteiger charge is -2.36. The van der Waals surface area contributed by atoms with E-state index in [0.717, 1.165) is 13.0 Å². The summed E-state index contributed by atoms with van der Waals surface area (Å²) in [4.78, 5) is 12.2. The van der Waals surface area contributed by atoms with Crippen LogP contribution in [0.5, 0.6) is 0 Å². The van der Waals surface area contributed by atoms with Crippen molar-refractivity contribution in [2.75, 3.05) is 6.54 Å². The van der Waals surface area contributed by atoms with Crippen LogP contribution in [0.3, 0.4) is 0 Å². The van der Waals surface area contributed by atoms with Crippen molar-refractivity contribution in [3.8, 4) is 0 Å². The minimum Gasteiger partial charge on any atom is -0.347 e. The zero-order valence-electron chi connectivity index (χ0n) is 11.0. The Morgan fingerprint density at radius 3 is 2.68 bits per heavy atom. The van der Waals surface area contributed by atoms with E-state index < -0.39 is 0 Å². The maximum Gasteiger partial charge on any atom is 0.251 e. The molecule has 0 aromatic heterocycles. The maximum atomic E-state index is 12.2. The van der Waals surface area contributed by atoms with Crippen molar-refractivity contribution in [2.45, 2.75) is 32.4 Å². The highest BCUT2D eigenvalue weighted by atomic mass is 35.5. The summed E-state index contributed by atoms with van der Waals surface area (Å²) in [5.41, 5.74) is 0.541. The summed E-state index contributed by atoms with van der Waals surface area (Å²) in [5.74, 6) is 0.355. The molecule has 2 rings (SSSR count). The summed E-state index contributed by atoms with van der Waals surface area (Å²) >= 11 is 11.8. The number of nitrogens with one attached hydrogen (secondary N) is 2. The maximum absolute atomic E-state index is 12.2. The fraction of sp³-hybridized carbons (Fsp3) is 0.500. The highest BCUT2D eigenvalue weighted by molar-refractivity contribution is 6.42. The van der Waals surface area contributed by atoms with E-state index in [9.17, 15) is 4.79 Å². The molecule has 1 heterocycles. The van der Waals surface area contributed by atoms with Crippen LogP contribution in [0.15, 0.2) is 18.2 Å². The zero-order valence-corrected chi connectivity index (χ0v) is 12.6. The fourth-order valence-corrected chi connectivity index (χ4v) is 2.78. The molecule has 1 aromatic rings. The first kappa shape index (κ1) is 14.6. The SMILES string of the molecule is CC1CCNC(C)C1NC(=O)c1ccc(Cl)c(Cl)c1. The van der Waals surface area contributed by atoms with Crippen molar-refractivity contribution in [3.05, 3.63) is 33.8 Å². The van der Waals surface area contributed by atoms with Crippen LogP contribution in [-0.2, 0) is 0 Å². The van der Waals surface area contributed by atoms with E-state index in [1.165, 1.54) is 0 Å². The molecule has 2 N–H and O–H groups in total. The Labute approximate surface area is 123 Å². The molecule has 1 amide bonds. The molecule has 3 nitrogen and oxygen atoms in total. The van der Waals surface area contributed by atoms with Crippen LogP contribution < -0.4 is 10.6 Å². The molecule has 3 atom stereocenters. The summed E-state index contributed by atoms with van der Waals surface area (Å²) in [6.07, 6.45) is 1.07. The van der Waals surface area contributed by atoms with Crippen LogP contribution in [0.2, 0.25) is 10.0 Å². The summed E-state index contributed by atoms with van der Waals surface area (Å²) in [6.45, 7) is 5.26. The molecule has 1 aromatic carbocycles. The van der Waals surface area contributed by atoms with E-state index in [1.807, 2.05) is 0 Å². The monoisotopic (exact) mass is 300 g/mol. The van der Waals surface area contributed by atoms with Gasteiger partial charge in [-0.25, -0.2) is 0 Å². The van der Waals surface area contributed by atoms with Gasteiger partial charge in [-0.3, -0.25) is 4.79 Å². The molecule has 3 unspecified atom stereocenters. The Bertz CT molecular complexity index is 469. The van der Waals surface area contributed by atoms with Gasteiger partial charge in [0, 0.05) is 17.6 Å². The van der Waals surface area contributed by atoms with Gasteiger partial charge < -0.3 is 10.6 Å². The van der Waals surface area contributed by atoms with Crippen molar-refractivity contribution in [2.24, 2.45) is 5.92 Å². The van der Waals surface area contributed by atoms with E-state index in [1.54, 1.807) is 18.2 Å². The minimum absolute atomic E-state index is 0.106. The third-order valence-corrected chi connectivity index (χ3v) is 4.44. The third-order valence-electron chi connectivity index (χ3n) is 3.70. The van der Waals surface area contributed by atoms with Crippen LogP contribution >= 0.6 is 23.2 Å². The lowest BCUT2D eigenvalue weighted by atomic mass is 9.89. The van der Waals surface area contributed by atoms with Gasteiger partial charge >= 0.3 is 0 Å². The lowest BCUT2D eigenvalue weighted by Crippen LogP contribution is -2.55. The molecule has 104 valence electrons. The van der Waals surface area contributed by atoms with Crippen molar-refractivity contribution in [3.63, 3.8) is 0 Å². The molecule has 1 saturated heterocycles. The van der Waals surface area contributed by atoms with Crippen molar-refractivity contribution < 1.29 is 4.79 Å². The molecule has 1 fully saturated rings. The van der Waals surface area contributed by atoms with E-state index in [4.69, 9.17) is 23.2 Å². The molecule has 0 saturated carbocycles. The lowest BCUT2D eigenvalue weighted by molar-refractivity contribution is 0.0897. The molecule has 1 aliphatic rings. The van der Waals surface area contributed by atoms with Gasteiger partial charge in [-0.2, -0.15) is 0 Å². The number of benzene rings is 1. The third kappa shape index (κ3) is 3.41. The van der Waals surface area contributed by atoms with Crippen molar-refractivity contribution >= 4 is 29.1 Å². The average Bonchev–Trinajstić information content (AvgIpc) is 2.37. The van der Waals surface area contributed by atoms with Gasteiger partial charge in [-0.15, -0.1) is 0 Å². The standard InChI is InChI=1S/C14H18Cl2N2O/c1-8-5-6-17-9(2)13(8)18-14(19)10-3-4-11(15)12(16)7-10/h3-4,7-9,13,17H,5-6H2,1-2H3,(H,18,19). The molecule has 0 aliphatic carbocycles. The highest BCUT2D eigenvalue weighted by Crippen LogP contribution is 2.23. The van der Waals surface area contributed by atoms with Crippen LogP contribution in [0.4, 0.5) is 0 Å². The van der Waals surface area contributed by atoms with E-state index >= 15 is 0 Å². The van der Waals surface area contributed by atoms with Gasteiger partial charge in [0.1, 0.15) is 0 Å². The van der Waals surface area contributed by atoms with Crippen molar-refractivity contribution in [1.82, 2.24) is 10.6 Å². The Hall–Kier alpha value is -0.770. The number of hydrogen-bond acceptors (Lipinski definition) is 2. The normalized spacial score (nSPS) is 27.1. The number of amides is 1. The molecule has 0 spiro atoms. The highest BCUT2D eigenvalue weighted by Gasteiger charge is 2.28. The quantitative estimate of drug-likeness (QED) is 0.881. The second-order valence-corrected chi connectivity index (χ2v) is 5.95. The molecular formula is C14H18Cl2N2O. The number of hydrogen-bond donors (Lipinski definition) is 2. The zero-order chi connectivity index (χ0) is 14.0. The van der Waals surface area contributed by atoms with Crippen molar-refractivity contribution in [1.29, 1.82) is 0 Å². The number of carbonyl (C=O) groups excluding carboxylic acids is 1. The first-order chi connectivity index (χ1) is 8.99. The number of carbonyl (C=O) groups is 1. The second kappa shape index (κ2) is 6.12. The van der Waals surface area contributed by atoms with Gasteiger partial charge in [0.15, 0.2) is 0 Å². The number of rotatable bonds is 2. The molecule has 0 radical (unpaired) electrons. The van der Waals surface area contributed by atoms with Gasteiger partial charge in [0.2, 0.25) is 0 Å². The average molecular weight is 301 g/mol. The molecule has 5 heteroatoms. The molecule has 1 aliphatic heterocycles. The van der Waals surface area contributed by atoms with Gasteiger partial charge in [-0.1, -0.05) is 30.1 Å². The smallest absolute Gasteiger partial charge is 0.251 e. The van der Waals surface area contributed by atoms with Crippen LogP contribution in [0, 0.1) is 5.92 Å². The topological polar surface area (TPSA) is 41.1 Å². The van der Waals surface area contributed by atoms with Crippen LogP contribution in [-0.4, -0.2) is 24.5 Å². The predicted molar refractivity (Wildman–Crippen MR) is 79.0 cm³/mol. The van der Waals surface area contributed by atoms with Crippen LogP contribution in [0.25, 0.3) is 0 Å². The summed E-state index contributed by atoms with van der Waals surface area (Å²) in [5, 5.41) is 7.31. The van der Waals surface area contributed by atoms with Crippen LogP contribution in [0.1, 0.15) is 30.6 Å². The van der Waals surface area contributed by atoms with Gasteiger partial charge in [-0.05, 0) is 44.0 Å². The fourth-order valence-electron chi connectivity index (χ4n) is 2.48. The second-order valence-electron chi connectivity index (χ2n) is 5.14. The molecule has 0 bridgehead atoms. The van der Waals surface area contributed by atoms with E-state index in [2.05, 4.69) is 24.5 Å². The first-order valence-electron chi connectivity index (χ1n) is 6.48. The Kier molecular flexibility index (Phi) is 4.71. The molecule has 19 heavy (non-hydrogen) atoms. The largest absolute Gasteiger partial charge is 0.347 e. The first-order valence-corrected chi connectivity index (χ1v) is 7.24. The van der Waals surface area contributed by atoms with E-state index in [-0.39, 0.29) is 18.0 Å². The Morgan fingerprint density at radius 1 is 1.32 bits per heavy atom. The Morgan fingerprint density at radius 2 is 2.05 bits per heavy atom. The van der Waals surface area contributed by atoms with Gasteiger partial charge in [0.25, 0.3) is 5.91 Å². The predicted octanol–water partition coefficient (Wildman–Crippen LogP) is 3.11. The van der Waals surface area contributed by atoms with E-state index in [0.29, 0.717) is 21.5 Å². The number of piperidine rings is 1. The summed E-state index contributed by atoms with van der Waals surface area (Å²) in [6, 6.07) is 5.34. The summed E-state index contributed by atoms with van der Waals surface area (Å²) < 4.78 is 0. The van der Waals surface area contributed by atoms with Gasteiger partial charge in [0.05, 0.1) is 10.0 Å². The number of halogens is 2. The minimum atomic E-state index is -0.106. The Balaban J connectivity index is 2.09.